The molecule has 6 nitrogen and oxygen atoms in total. The van der Waals surface area contributed by atoms with E-state index in [0.717, 1.165) is 17.8 Å². The molecule has 1 aromatic carbocycles. The van der Waals surface area contributed by atoms with Crippen LogP contribution in [0, 0.1) is 5.92 Å². The van der Waals surface area contributed by atoms with Gasteiger partial charge in [-0.25, -0.2) is 4.68 Å². The second-order valence-electron chi connectivity index (χ2n) is 7.13. The maximum absolute atomic E-state index is 12.5. The van der Waals surface area contributed by atoms with Gasteiger partial charge in [-0.15, -0.1) is 5.10 Å². The molecule has 0 bridgehead atoms. The fourth-order valence-electron chi connectivity index (χ4n) is 3.78. The van der Waals surface area contributed by atoms with E-state index < -0.39 is 0 Å². The third-order valence-corrected chi connectivity index (χ3v) is 5.58. The van der Waals surface area contributed by atoms with Crippen molar-refractivity contribution in [3.05, 3.63) is 46.2 Å². The predicted octanol–water partition coefficient (Wildman–Crippen LogP) is 3.51. The first-order chi connectivity index (χ1) is 12.7. The number of hydrogen-bond acceptors (Lipinski definition) is 4. The Morgan fingerprint density at radius 3 is 2.77 bits per heavy atom. The molecule has 2 aliphatic rings. The molecule has 0 radical (unpaired) electrons. The molecule has 1 aliphatic heterocycles. The molecule has 1 saturated carbocycles. The van der Waals surface area contributed by atoms with E-state index in [1.165, 1.54) is 32.1 Å². The molecular formula is C19H23ClN4O2. The minimum Gasteiger partial charge on any atom is -0.365 e. The van der Waals surface area contributed by atoms with Crippen LogP contribution in [0.1, 0.15) is 60.0 Å². The van der Waals surface area contributed by atoms with Gasteiger partial charge in [-0.3, -0.25) is 4.79 Å². The number of nitrogens with one attached hydrogen (secondary N) is 1. The van der Waals surface area contributed by atoms with Gasteiger partial charge in [-0.2, -0.15) is 0 Å². The number of aromatic nitrogens is 3. The van der Waals surface area contributed by atoms with E-state index in [1.54, 1.807) is 4.68 Å². The average molecular weight is 375 g/mol. The number of carbonyl (C=O) groups is 1. The Morgan fingerprint density at radius 1 is 1.23 bits per heavy atom. The number of hydrogen-bond donors (Lipinski definition) is 1. The van der Waals surface area contributed by atoms with Crippen LogP contribution in [-0.4, -0.2) is 27.4 Å². The number of halogens is 1. The van der Waals surface area contributed by atoms with Gasteiger partial charge in [0.15, 0.2) is 5.69 Å². The van der Waals surface area contributed by atoms with Crippen LogP contribution in [0.4, 0.5) is 0 Å². The van der Waals surface area contributed by atoms with Crippen molar-refractivity contribution in [1.82, 2.24) is 20.3 Å². The van der Waals surface area contributed by atoms with Gasteiger partial charge in [0.05, 0.1) is 18.8 Å². The lowest BCUT2D eigenvalue weighted by Gasteiger charge is -2.24. The van der Waals surface area contributed by atoms with Gasteiger partial charge < -0.3 is 10.1 Å². The summed E-state index contributed by atoms with van der Waals surface area (Å²) in [5.41, 5.74) is 2.17. The molecule has 1 aromatic heterocycles. The van der Waals surface area contributed by atoms with Gasteiger partial charge in [-0.05, 0) is 36.5 Å². The molecule has 0 saturated heterocycles. The third-order valence-electron chi connectivity index (χ3n) is 5.33. The summed E-state index contributed by atoms with van der Waals surface area (Å²) >= 11 is 5.94. The molecule has 0 spiro atoms. The molecule has 2 aromatic rings. The molecule has 1 N–H and O–H groups in total. The number of carbonyl (C=O) groups excluding carboxylic acids is 1. The third kappa shape index (κ3) is 3.76. The summed E-state index contributed by atoms with van der Waals surface area (Å²) in [5, 5.41) is 12.0. The number of fused-ring (bicyclic) bond motifs is 1. The lowest BCUT2D eigenvalue weighted by molar-refractivity contribution is -0.00177. The maximum Gasteiger partial charge on any atom is 0.273 e. The Hall–Kier alpha value is -1.92. The van der Waals surface area contributed by atoms with E-state index in [2.05, 4.69) is 15.6 Å². The summed E-state index contributed by atoms with van der Waals surface area (Å²) in [4.78, 5) is 12.5. The van der Waals surface area contributed by atoms with Crippen molar-refractivity contribution in [3.8, 4) is 0 Å². The minimum atomic E-state index is -0.148. The van der Waals surface area contributed by atoms with E-state index in [-0.39, 0.29) is 12.0 Å². The first-order valence-corrected chi connectivity index (χ1v) is 9.66. The van der Waals surface area contributed by atoms with E-state index >= 15 is 0 Å². The van der Waals surface area contributed by atoms with Crippen molar-refractivity contribution in [2.24, 2.45) is 5.92 Å². The largest absolute Gasteiger partial charge is 0.365 e. The average Bonchev–Trinajstić information content (AvgIpc) is 3.11. The van der Waals surface area contributed by atoms with Crippen LogP contribution in [-0.2, 0) is 17.9 Å². The highest BCUT2D eigenvalue weighted by Crippen LogP contribution is 2.28. The number of ether oxygens (including phenoxy) is 1. The van der Waals surface area contributed by atoms with Crippen molar-refractivity contribution in [2.45, 2.75) is 51.4 Å². The van der Waals surface area contributed by atoms with Gasteiger partial charge in [0.1, 0.15) is 6.10 Å². The molecular weight excluding hydrogens is 352 g/mol. The second-order valence-corrected chi connectivity index (χ2v) is 7.57. The topological polar surface area (TPSA) is 69.0 Å². The van der Waals surface area contributed by atoms with Gasteiger partial charge >= 0.3 is 0 Å². The quantitative estimate of drug-likeness (QED) is 0.889. The summed E-state index contributed by atoms with van der Waals surface area (Å²) in [6.45, 7) is 1.59. The predicted molar refractivity (Wildman–Crippen MR) is 97.9 cm³/mol. The highest BCUT2D eigenvalue weighted by molar-refractivity contribution is 6.30. The van der Waals surface area contributed by atoms with Crippen LogP contribution >= 0.6 is 11.6 Å². The summed E-state index contributed by atoms with van der Waals surface area (Å²) in [7, 11) is 0. The normalized spacial score (nSPS) is 20.6. The molecule has 7 heteroatoms. The van der Waals surface area contributed by atoms with Crippen LogP contribution in [0.15, 0.2) is 24.3 Å². The molecule has 1 fully saturated rings. The Kier molecular flexibility index (Phi) is 5.22. The minimum absolute atomic E-state index is 0.111. The molecule has 138 valence electrons. The zero-order chi connectivity index (χ0) is 17.9. The van der Waals surface area contributed by atoms with Crippen molar-refractivity contribution in [1.29, 1.82) is 0 Å². The first-order valence-electron chi connectivity index (χ1n) is 9.28. The highest BCUT2D eigenvalue weighted by Gasteiger charge is 2.28. The van der Waals surface area contributed by atoms with E-state index in [1.807, 2.05) is 24.3 Å². The van der Waals surface area contributed by atoms with Crippen molar-refractivity contribution < 1.29 is 9.53 Å². The molecule has 1 amide bonds. The fourth-order valence-corrected chi connectivity index (χ4v) is 3.91. The smallest absolute Gasteiger partial charge is 0.273 e. The Balaban J connectivity index is 1.40. The Bertz CT molecular complexity index is 768. The van der Waals surface area contributed by atoms with Crippen LogP contribution < -0.4 is 5.32 Å². The maximum atomic E-state index is 12.5. The SMILES string of the molecule is O=C(NCC1CCCCC1)c1nnn2c1COC(c1ccc(Cl)cc1)C2. The standard InChI is InChI=1S/C19H23ClN4O2/c20-15-8-6-14(7-9-15)17-11-24-16(12-26-17)18(22-23-24)19(25)21-10-13-4-2-1-3-5-13/h6-9,13,17H,1-5,10-12H2,(H,21,25). The molecule has 26 heavy (non-hydrogen) atoms. The lowest BCUT2D eigenvalue weighted by Crippen LogP contribution is -2.32. The number of nitrogens with zero attached hydrogens (tertiary/aromatic N) is 3. The van der Waals surface area contributed by atoms with Gasteiger partial charge in [-0.1, -0.05) is 48.2 Å². The van der Waals surface area contributed by atoms with E-state index in [4.69, 9.17) is 16.3 Å². The number of benzene rings is 1. The van der Waals surface area contributed by atoms with Crippen LogP contribution in [0.25, 0.3) is 0 Å². The zero-order valence-electron chi connectivity index (χ0n) is 14.7. The van der Waals surface area contributed by atoms with Gasteiger partial charge in [0, 0.05) is 11.6 Å². The van der Waals surface area contributed by atoms with Crippen molar-refractivity contribution in [3.63, 3.8) is 0 Å². The summed E-state index contributed by atoms with van der Waals surface area (Å²) in [6.07, 6.45) is 6.13. The fraction of sp³-hybridized carbons (Fsp3) is 0.526. The Morgan fingerprint density at radius 2 is 2.00 bits per heavy atom. The first kappa shape index (κ1) is 17.5. The number of amides is 1. The summed E-state index contributed by atoms with van der Waals surface area (Å²) in [5.74, 6) is 0.440. The van der Waals surface area contributed by atoms with Gasteiger partial charge in [0.25, 0.3) is 5.91 Å². The van der Waals surface area contributed by atoms with Crippen LogP contribution in [0.5, 0.6) is 0 Å². The molecule has 1 atom stereocenters. The molecule has 2 heterocycles. The molecule has 4 rings (SSSR count). The zero-order valence-corrected chi connectivity index (χ0v) is 15.4. The summed E-state index contributed by atoms with van der Waals surface area (Å²) < 4.78 is 7.73. The van der Waals surface area contributed by atoms with E-state index in [9.17, 15) is 4.79 Å². The van der Waals surface area contributed by atoms with Crippen molar-refractivity contribution >= 4 is 17.5 Å². The highest BCUT2D eigenvalue weighted by atomic mass is 35.5. The second kappa shape index (κ2) is 7.76. The van der Waals surface area contributed by atoms with Crippen LogP contribution in [0.3, 0.4) is 0 Å². The lowest BCUT2D eigenvalue weighted by atomic mass is 9.89. The van der Waals surface area contributed by atoms with E-state index in [0.29, 0.717) is 29.8 Å². The van der Waals surface area contributed by atoms with Crippen LogP contribution in [0.2, 0.25) is 5.02 Å². The Labute approximate surface area is 157 Å². The van der Waals surface area contributed by atoms with Crippen molar-refractivity contribution in [2.75, 3.05) is 6.54 Å². The number of rotatable bonds is 4. The molecule has 1 unspecified atom stereocenters. The summed E-state index contributed by atoms with van der Waals surface area (Å²) in [6, 6.07) is 7.60. The van der Waals surface area contributed by atoms with Gasteiger partial charge in [0.2, 0.25) is 0 Å². The monoisotopic (exact) mass is 374 g/mol. The molecule has 1 aliphatic carbocycles.